The maximum absolute atomic E-state index is 14.1. The van der Waals surface area contributed by atoms with Crippen LogP contribution in [0.4, 0.5) is 24.8 Å². The molecular weight excluding hydrogens is 535 g/mol. The lowest BCUT2D eigenvalue weighted by Gasteiger charge is -2.14. The SMILES string of the molecule is COc1ncc(-c2ccc3nc(N)n(-c4cccc(F)c4)c(=O)c3c2)cc1S(=O)(=O)Nc1ccc(F)cc1F. The van der Waals surface area contributed by atoms with Gasteiger partial charge in [0.15, 0.2) is 0 Å². The monoisotopic (exact) mass is 553 g/mol. The number of aromatic nitrogens is 3. The maximum atomic E-state index is 14.1. The van der Waals surface area contributed by atoms with Gasteiger partial charge in [0.2, 0.25) is 11.8 Å². The Hall–Kier alpha value is -4.91. The average molecular weight is 554 g/mol. The number of fused-ring (bicyclic) bond motifs is 1. The van der Waals surface area contributed by atoms with Gasteiger partial charge in [0.25, 0.3) is 15.6 Å². The summed E-state index contributed by atoms with van der Waals surface area (Å²) >= 11 is 0. The van der Waals surface area contributed by atoms with E-state index in [-0.39, 0.29) is 34.0 Å². The first-order valence-electron chi connectivity index (χ1n) is 11.2. The van der Waals surface area contributed by atoms with Crippen LogP contribution in [0.1, 0.15) is 0 Å². The van der Waals surface area contributed by atoms with Crippen LogP contribution in [0, 0.1) is 17.5 Å². The zero-order chi connectivity index (χ0) is 27.9. The summed E-state index contributed by atoms with van der Waals surface area (Å²) in [6.45, 7) is 0. The number of sulfonamides is 1. The molecule has 5 rings (SSSR count). The normalized spacial score (nSPS) is 11.5. The number of nitrogens with zero attached hydrogens (tertiary/aromatic N) is 3. The largest absolute Gasteiger partial charge is 0.480 e. The van der Waals surface area contributed by atoms with Crippen LogP contribution in [0.25, 0.3) is 27.7 Å². The van der Waals surface area contributed by atoms with Gasteiger partial charge in [-0.05, 0) is 54.1 Å². The van der Waals surface area contributed by atoms with Crippen LogP contribution < -0.4 is 20.8 Å². The zero-order valence-electron chi connectivity index (χ0n) is 20.0. The van der Waals surface area contributed by atoms with Gasteiger partial charge in [-0.25, -0.2) is 36.1 Å². The predicted molar refractivity (Wildman–Crippen MR) is 139 cm³/mol. The number of hydrogen-bond acceptors (Lipinski definition) is 7. The lowest BCUT2D eigenvalue weighted by atomic mass is 10.1. The van der Waals surface area contributed by atoms with Crippen molar-refractivity contribution in [2.75, 3.05) is 17.6 Å². The van der Waals surface area contributed by atoms with Crippen molar-refractivity contribution in [1.82, 2.24) is 14.5 Å². The molecule has 0 aliphatic heterocycles. The Balaban J connectivity index is 1.62. The Labute approximate surface area is 219 Å². The second-order valence-corrected chi connectivity index (χ2v) is 9.93. The van der Waals surface area contributed by atoms with E-state index in [1.165, 1.54) is 49.7 Å². The molecule has 2 aromatic heterocycles. The van der Waals surface area contributed by atoms with Crippen LogP contribution in [0.2, 0.25) is 0 Å². The van der Waals surface area contributed by atoms with Gasteiger partial charge < -0.3 is 10.5 Å². The molecule has 0 atom stereocenters. The van der Waals surface area contributed by atoms with Crippen molar-refractivity contribution in [3.8, 4) is 22.7 Å². The number of methoxy groups -OCH3 is 1. The van der Waals surface area contributed by atoms with Crippen LogP contribution >= 0.6 is 0 Å². The number of nitrogens with one attached hydrogen (secondary N) is 1. The Morgan fingerprint density at radius 1 is 0.949 bits per heavy atom. The lowest BCUT2D eigenvalue weighted by Crippen LogP contribution is -2.23. The van der Waals surface area contributed by atoms with Gasteiger partial charge in [-0.2, -0.15) is 0 Å². The molecule has 0 unspecified atom stereocenters. The summed E-state index contributed by atoms with van der Waals surface area (Å²) in [6, 6.07) is 13.5. The molecule has 13 heteroatoms. The molecule has 39 heavy (non-hydrogen) atoms. The summed E-state index contributed by atoms with van der Waals surface area (Å²) in [5, 5.41) is 0.123. The van der Waals surface area contributed by atoms with Crippen molar-refractivity contribution in [2.24, 2.45) is 0 Å². The number of halogens is 3. The van der Waals surface area contributed by atoms with Crippen LogP contribution in [0.15, 0.2) is 82.6 Å². The highest BCUT2D eigenvalue weighted by molar-refractivity contribution is 7.92. The Kier molecular flexibility index (Phi) is 6.44. The summed E-state index contributed by atoms with van der Waals surface area (Å²) in [6.07, 6.45) is 1.33. The Morgan fingerprint density at radius 3 is 2.44 bits per heavy atom. The molecule has 0 spiro atoms. The molecule has 3 aromatic carbocycles. The molecule has 0 saturated carbocycles. The van der Waals surface area contributed by atoms with E-state index in [0.717, 1.165) is 22.8 Å². The quantitative estimate of drug-likeness (QED) is 0.322. The van der Waals surface area contributed by atoms with Crippen LogP contribution in [0.3, 0.4) is 0 Å². The summed E-state index contributed by atoms with van der Waals surface area (Å²) in [5.74, 6) is -2.99. The van der Waals surface area contributed by atoms with Gasteiger partial charge in [-0.3, -0.25) is 9.52 Å². The van der Waals surface area contributed by atoms with Crippen LogP contribution in [-0.2, 0) is 10.0 Å². The van der Waals surface area contributed by atoms with Crippen molar-refractivity contribution in [3.63, 3.8) is 0 Å². The third-order valence-corrected chi connectivity index (χ3v) is 7.13. The van der Waals surface area contributed by atoms with Crippen molar-refractivity contribution >= 4 is 32.6 Å². The van der Waals surface area contributed by atoms with E-state index in [0.29, 0.717) is 11.6 Å². The average Bonchev–Trinajstić information content (AvgIpc) is 2.90. The van der Waals surface area contributed by atoms with Crippen LogP contribution in [0.5, 0.6) is 5.88 Å². The number of nitrogen functional groups attached to an aromatic ring is 1. The summed E-state index contributed by atoms with van der Waals surface area (Å²) < 4.78 is 75.7. The molecular formula is C26H18F3N5O4S. The second-order valence-electron chi connectivity index (χ2n) is 8.28. The Bertz CT molecular complexity index is 1930. The molecule has 5 aromatic rings. The molecule has 0 amide bonds. The van der Waals surface area contributed by atoms with Crippen molar-refractivity contribution in [1.29, 1.82) is 0 Å². The number of hydrogen-bond donors (Lipinski definition) is 2. The highest BCUT2D eigenvalue weighted by atomic mass is 32.2. The third-order valence-electron chi connectivity index (χ3n) is 5.77. The number of nitrogens with two attached hydrogens (primary N) is 1. The molecule has 0 aliphatic rings. The zero-order valence-corrected chi connectivity index (χ0v) is 20.8. The van der Waals surface area contributed by atoms with Crippen LogP contribution in [-0.4, -0.2) is 30.1 Å². The fraction of sp³-hybridized carbons (Fsp3) is 0.0385. The highest BCUT2D eigenvalue weighted by Crippen LogP contribution is 2.31. The lowest BCUT2D eigenvalue weighted by molar-refractivity contribution is 0.385. The van der Waals surface area contributed by atoms with E-state index in [9.17, 15) is 26.4 Å². The van der Waals surface area contributed by atoms with E-state index in [1.807, 2.05) is 0 Å². The molecule has 0 aliphatic carbocycles. The summed E-state index contributed by atoms with van der Waals surface area (Å²) in [4.78, 5) is 21.2. The maximum Gasteiger partial charge on any atom is 0.267 e. The number of anilines is 2. The first kappa shape index (κ1) is 25.7. The van der Waals surface area contributed by atoms with E-state index >= 15 is 0 Å². The van der Waals surface area contributed by atoms with E-state index in [1.54, 1.807) is 6.07 Å². The smallest absolute Gasteiger partial charge is 0.267 e. The fourth-order valence-corrected chi connectivity index (χ4v) is 5.17. The predicted octanol–water partition coefficient (Wildman–Crippen LogP) is 4.26. The standard InChI is InChI=1S/C26H18F3N5O4S/c1-38-24-23(39(36,37)33-22-8-6-17(28)12-20(22)29)10-15(13-31-24)14-5-7-21-19(9-14)25(35)34(26(30)32-21)18-4-2-3-16(27)11-18/h2-13,33H,1H3,(H2,30,32). The topological polar surface area (TPSA) is 129 Å². The molecule has 2 heterocycles. The van der Waals surface area contributed by atoms with Gasteiger partial charge in [-0.1, -0.05) is 12.1 Å². The van der Waals surface area contributed by atoms with Gasteiger partial charge in [0, 0.05) is 17.8 Å². The minimum absolute atomic E-state index is 0.123. The van der Waals surface area contributed by atoms with E-state index in [2.05, 4.69) is 14.7 Å². The van der Waals surface area contributed by atoms with E-state index in [4.69, 9.17) is 10.5 Å². The number of ether oxygens (including phenoxy) is 1. The Morgan fingerprint density at radius 2 is 1.72 bits per heavy atom. The molecule has 198 valence electrons. The van der Waals surface area contributed by atoms with Gasteiger partial charge in [0.05, 0.1) is 29.4 Å². The minimum atomic E-state index is -4.46. The first-order chi connectivity index (χ1) is 18.6. The van der Waals surface area contributed by atoms with Gasteiger partial charge in [-0.15, -0.1) is 0 Å². The fourth-order valence-electron chi connectivity index (χ4n) is 3.95. The second kappa shape index (κ2) is 9.76. The molecule has 0 fully saturated rings. The van der Waals surface area contributed by atoms with Gasteiger partial charge in [0.1, 0.15) is 22.3 Å². The number of pyridine rings is 1. The van der Waals surface area contributed by atoms with E-state index < -0.39 is 43.6 Å². The van der Waals surface area contributed by atoms with Crippen molar-refractivity contribution in [3.05, 3.63) is 101 Å². The summed E-state index contributed by atoms with van der Waals surface area (Å²) in [5.41, 5.74) is 6.03. The number of rotatable bonds is 6. The molecule has 0 saturated heterocycles. The first-order valence-corrected chi connectivity index (χ1v) is 12.7. The summed E-state index contributed by atoms with van der Waals surface area (Å²) in [7, 11) is -3.25. The highest BCUT2D eigenvalue weighted by Gasteiger charge is 2.24. The van der Waals surface area contributed by atoms with Crippen molar-refractivity contribution in [2.45, 2.75) is 4.90 Å². The molecule has 0 radical (unpaired) electrons. The van der Waals surface area contributed by atoms with Gasteiger partial charge >= 0.3 is 0 Å². The minimum Gasteiger partial charge on any atom is -0.480 e. The molecule has 9 nitrogen and oxygen atoms in total. The van der Waals surface area contributed by atoms with Crippen molar-refractivity contribution < 1.29 is 26.3 Å². The molecule has 3 N–H and O–H groups in total. The third kappa shape index (κ3) is 4.86. The number of benzene rings is 3. The molecule has 0 bridgehead atoms.